The summed E-state index contributed by atoms with van der Waals surface area (Å²) < 4.78 is 23.0. The number of carbonyl (C=O) groups excluding carboxylic acids is 2. The molecule has 0 heterocycles. The molecule has 1 aliphatic carbocycles. The minimum atomic E-state index is -3.13. The van der Waals surface area contributed by atoms with E-state index in [9.17, 15) is 18.0 Å². The van der Waals surface area contributed by atoms with E-state index in [4.69, 9.17) is 5.73 Å². The van der Waals surface area contributed by atoms with Gasteiger partial charge in [-0.3, -0.25) is 9.59 Å². The molecule has 2 amide bonds. The monoisotopic (exact) mass is 389 g/mol. The number of benzene rings is 1. The maximum atomic E-state index is 12.3. The molecule has 0 saturated heterocycles. The molecule has 140 valence electrons. The summed E-state index contributed by atoms with van der Waals surface area (Å²) in [4.78, 5) is 24.4. The van der Waals surface area contributed by atoms with Crippen molar-refractivity contribution in [1.29, 1.82) is 0 Å². The molecule has 9 heteroatoms. The standard InChI is InChI=1S/C16H23N3O4S.ClH/c1-24(22,23)11-16(6-7-16)10-14(20)19-13-5-3-2-4-12(13)15(21)18-9-8-17;/h2-5H,6-11,17H2,1H3,(H,18,21)(H,19,20);1H. The summed E-state index contributed by atoms with van der Waals surface area (Å²) in [5.74, 6) is -0.574. The Hall–Kier alpha value is -1.64. The molecule has 0 bridgehead atoms. The number of para-hydroxylation sites is 1. The van der Waals surface area contributed by atoms with Crippen molar-refractivity contribution in [3.05, 3.63) is 29.8 Å². The SMILES string of the molecule is CS(=O)(=O)CC1(CC(=O)Nc2ccccc2C(=O)NCCN)CC1.Cl. The van der Waals surface area contributed by atoms with Crippen LogP contribution < -0.4 is 16.4 Å². The molecular formula is C16H24ClN3O4S. The summed E-state index contributed by atoms with van der Waals surface area (Å²) in [6, 6.07) is 6.69. The molecule has 0 aromatic heterocycles. The first kappa shape index (κ1) is 21.4. The van der Waals surface area contributed by atoms with Crippen molar-refractivity contribution in [3.8, 4) is 0 Å². The predicted octanol–water partition coefficient (Wildman–Crippen LogP) is 0.950. The molecule has 0 aliphatic heterocycles. The van der Waals surface area contributed by atoms with E-state index in [1.165, 1.54) is 6.26 Å². The van der Waals surface area contributed by atoms with Crippen LogP contribution in [0.1, 0.15) is 29.6 Å². The predicted molar refractivity (Wildman–Crippen MR) is 99.7 cm³/mol. The molecule has 1 aliphatic rings. The van der Waals surface area contributed by atoms with Gasteiger partial charge >= 0.3 is 0 Å². The van der Waals surface area contributed by atoms with Crippen molar-refractivity contribution in [2.45, 2.75) is 19.3 Å². The Morgan fingerprint density at radius 2 is 1.88 bits per heavy atom. The van der Waals surface area contributed by atoms with Crippen LogP contribution in [0.15, 0.2) is 24.3 Å². The first-order valence-electron chi connectivity index (χ1n) is 7.80. The fourth-order valence-electron chi connectivity index (χ4n) is 2.71. The summed E-state index contributed by atoms with van der Waals surface area (Å²) in [5.41, 5.74) is 5.68. The van der Waals surface area contributed by atoms with Gasteiger partial charge in [-0.15, -0.1) is 12.4 Å². The zero-order valence-corrected chi connectivity index (χ0v) is 15.7. The van der Waals surface area contributed by atoms with Crippen molar-refractivity contribution in [2.24, 2.45) is 11.1 Å². The van der Waals surface area contributed by atoms with Gasteiger partial charge in [0, 0.05) is 25.8 Å². The molecule has 1 saturated carbocycles. The topological polar surface area (TPSA) is 118 Å². The van der Waals surface area contributed by atoms with Crippen molar-refractivity contribution < 1.29 is 18.0 Å². The highest BCUT2D eigenvalue weighted by Crippen LogP contribution is 2.49. The van der Waals surface area contributed by atoms with Crippen molar-refractivity contribution >= 4 is 39.7 Å². The van der Waals surface area contributed by atoms with Crippen LogP contribution >= 0.6 is 12.4 Å². The Morgan fingerprint density at radius 3 is 2.44 bits per heavy atom. The van der Waals surface area contributed by atoms with E-state index < -0.39 is 15.3 Å². The molecule has 0 radical (unpaired) electrons. The molecule has 4 N–H and O–H groups in total. The minimum Gasteiger partial charge on any atom is -0.351 e. The first-order valence-corrected chi connectivity index (χ1v) is 9.86. The molecule has 7 nitrogen and oxygen atoms in total. The average Bonchev–Trinajstić information content (AvgIpc) is 3.21. The van der Waals surface area contributed by atoms with Crippen LogP contribution in [-0.4, -0.2) is 45.3 Å². The third kappa shape index (κ3) is 6.64. The minimum absolute atomic E-state index is 0. The zero-order valence-electron chi connectivity index (χ0n) is 14.1. The Balaban J connectivity index is 0.00000312. The first-order chi connectivity index (χ1) is 11.2. The van der Waals surface area contributed by atoms with Crippen LogP contribution in [0.25, 0.3) is 0 Å². The van der Waals surface area contributed by atoms with Gasteiger partial charge in [-0.05, 0) is 30.4 Å². The molecule has 0 atom stereocenters. The van der Waals surface area contributed by atoms with E-state index >= 15 is 0 Å². The van der Waals surface area contributed by atoms with E-state index in [-0.39, 0.29) is 36.4 Å². The number of amides is 2. The lowest BCUT2D eigenvalue weighted by Gasteiger charge is -2.15. The summed E-state index contributed by atoms with van der Waals surface area (Å²) in [6.07, 6.45) is 2.78. The molecule has 2 rings (SSSR count). The van der Waals surface area contributed by atoms with Crippen molar-refractivity contribution in [3.63, 3.8) is 0 Å². The van der Waals surface area contributed by atoms with Gasteiger partial charge in [0.1, 0.15) is 9.84 Å². The third-order valence-corrected chi connectivity index (χ3v) is 5.07. The highest BCUT2D eigenvalue weighted by atomic mass is 35.5. The summed E-state index contributed by atoms with van der Waals surface area (Å²) >= 11 is 0. The van der Waals surface area contributed by atoms with Gasteiger partial charge in [-0.2, -0.15) is 0 Å². The van der Waals surface area contributed by atoms with E-state index in [1.54, 1.807) is 24.3 Å². The molecule has 25 heavy (non-hydrogen) atoms. The number of rotatable bonds is 8. The number of nitrogens with two attached hydrogens (primary N) is 1. The van der Waals surface area contributed by atoms with Gasteiger partial charge in [0.15, 0.2) is 0 Å². The van der Waals surface area contributed by atoms with Gasteiger partial charge in [-0.1, -0.05) is 12.1 Å². The van der Waals surface area contributed by atoms with Gasteiger partial charge in [0.05, 0.1) is 17.0 Å². The Bertz CT molecular complexity index is 733. The van der Waals surface area contributed by atoms with Gasteiger partial charge in [0.2, 0.25) is 5.91 Å². The summed E-state index contributed by atoms with van der Waals surface area (Å²) in [5, 5.41) is 5.38. The van der Waals surface area contributed by atoms with Crippen molar-refractivity contribution in [2.75, 3.05) is 30.4 Å². The normalized spacial score (nSPS) is 15.0. The lowest BCUT2D eigenvalue weighted by molar-refractivity contribution is -0.117. The lowest BCUT2D eigenvalue weighted by Crippen LogP contribution is -2.30. The van der Waals surface area contributed by atoms with E-state index in [1.807, 2.05) is 0 Å². The number of hydrogen-bond acceptors (Lipinski definition) is 5. The Labute approximate surface area is 154 Å². The Kier molecular flexibility index (Phi) is 7.40. The largest absolute Gasteiger partial charge is 0.351 e. The van der Waals surface area contributed by atoms with Gasteiger partial charge < -0.3 is 16.4 Å². The lowest BCUT2D eigenvalue weighted by atomic mass is 10.0. The Morgan fingerprint density at radius 1 is 1.24 bits per heavy atom. The van der Waals surface area contributed by atoms with Crippen molar-refractivity contribution in [1.82, 2.24) is 5.32 Å². The molecular weight excluding hydrogens is 366 g/mol. The summed E-state index contributed by atoms with van der Waals surface area (Å²) in [6.45, 7) is 0.673. The van der Waals surface area contributed by atoms with Crippen LogP contribution in [0.4, 0.5) is 5.69 Å². The van der Waals surface area contributed by atoms with Gasteiger partial charge in [0.25, 0.3) is 5.91 Å². The molecule has 1 aromatic carbocycles. The van der Waals surface area contributed by atoms with E-state index in [2.05, 4.69) is 10.6 Å². The highest BCUT2D eigenvalue weighted by Gasteiger charge is 2.46. The van der Waals surface area contributed by atoms with E-state index in [0.29, 0.717) is 24.3 Å². The van der Waals surface area contributed by atoms with Gasteiger partial charge in [-0.25, -0.2) is 8.42 Å². The number of nitrogens with one attached hydrogen (secondary N) is 2. The summed E-state index contributed by atoms with van der Waals surface area (Å²) in [7, 11) is -3.13. The van der Waals surface area contributed by atoms with Crippen LogP contribution in [0.5, 0.6) is 0 Å². The number of hydrogen-bond donors (Lipinski definition) is 3. The number of anilines is 1. The number of halogens is 1. The van der Waals surface area contributed by atoms with Crippen LogP contribution in [0, 0.1) is 5.41 Å². The molecule has 1 fully saturated rings. The second-order valence-corrected chi connectivity index (χ2v) is 8.53. The quantitative estimate of drug-likeness (QED) is 0.611. The maximum Gasteiger partial charge on any atom is 0.253 e. The molecule has 0 unspecified atom stereocenters. The molecule has 1 aromatic rings. The second kappa shape index (κ2) is 8.64. The van der Waals surface area contributed by atoms with Crippen LogP contribution in [-0.2, 0) is 14.6 Å². The average molecular weight is 390 g/mol. The number of sulfone groups is 1. The zero-order chi connectivity index (χ0) is 17.8. The van der Waals surface area contributed by atoms with Crippen LogP contribution in [0.2, 0.25) is 0 Å². The van der Waals surface area contributed by atoms with Crippen LogP contribution in [0.3, 0.4) is 0 Å². The second-order valence-electron chi connectivity index (χ2n) is 6.39. The third-order valence-electron chi connectivity index (χ3n) is 3.94. The fraction of sp³-hybridized carbons (Fsp3) is 0.500. The van der Waals surface area contributed by atoms with E-state index in [0.717, 1.165) is 12.8 Å². The smallest absolute Gasteiger partial charge is 0.253 e. The fourth-order valence-corrected chi connectivity index (χ4v) is 4.21. The maximum absolute atomic E-state index is 12.3. The number of carbonyl (C=O) groups is 2. The highest BCUT2D eigenvalue weighted by molar-refractivity contribution is 7.90. The molecule has 0 spiro atoms.